The molecule has 0 unspecified atom stereocenters. The molecule has 1 N–H and O–H groups in total. The van der Waals surface area contributed by atoms with Crippen LogP contribution < -0.4 is 0 Å². The van der Waals surface area contributed by atoms with Gasteiger partial charge in [-0.3, -0.25) is 9.89 Å². The van der Waals surface area contributed by atoms with Crippen LogP contribution in [0.1, 0.15) is 24.2 Å². The van der Waals surface area contributed by atoms with E-state index >= 15 is 0 Å². The van der Waals surface area contributed by atoms with Gasteiger partial charge in [-0.25, -0.2) is 0 Å². The summed E-state index contributed by atoms with van der Waals surface area (Å²) in [5.41, 5.74) is 0.662. The van der Waals surface area contributed by atoms with Gasteiger partial charge in [0.15, 0.2) is 5.78 Å². The Kier molecular flexibility index (Phi) is 3.82. The molecule has 0 aliphatic heterocycles. The Balaban J connectivity index is 0.000001000. The fraction of sp³-hybridized carbons (Fsp3) is 0.429. The molecule has 0 amide bonds. The normalized spacial score (nSPS) is 9.36. The van der Waals surface area contributed by atoms with Gasteiger partial charge in [0, 0.05) is 12.1 Å². The van der Waals surface area contributed by atoms with E-state index in [1.807, 2.05) is 13.8 Å². The fourth-order valence-corrected chi connectivity index (χ4v) is 0.719. The van der Waals surface area contributed by atoms with Crippen LogP contribution in [0.2, 0.25) is 0 Å². The van der Waals surface area contributed by atoms with E-state index in [0.717, 1.165) is 0 Å². The Morgan fingerprint density at radius 2 is 2.27 bits per heavy atom. The first-order chi connectivity index (χ1) is 4.72. The van der Waals surface area contributed by atoms with Gasteiger partial charge in [0.2, 0.25) is 0 Å². The Morgan fingerprint density at radius 1 is 1.64 bits per heavy atom. The second-order valence-electron chi connectivity index (χ2n) is 2.51. The van der Waals surface area contributed by atoms with E-state index < -0.39 is 0 Å². The first kappa shape index (κ1) is 10.2. The van der Waals surface area contributed by atoms with Crippen molar-refractivity contribution in [2.24, 2.45) is 5.92 Å². The Labute approximate surface area is 71.6 Å². The molecule has 62 valence electrons. The van der Waals surface area contributed by atoms with Crippen LogP contribution in [-0.4, -0.2) is 16.0 Å². The molecule has 0 atom stereocenters. The number of nitrogens with zero attached hydrogens (tertiary/aromatic N) is 1. The predicted molar refractivity (Wildman–Crippen MR) is 45.0 cm³/mol. The van der Waals surface area contributed by atoms with Crippen LogP contribution >= 0.6 is 12.4 Å². The van der Waals surface area contributed by atoms with Crippen molar-refractivity contribution < 1.29 is 4.79 Å². The van der Waals surface area contributed by atoms with Gasteiger partial charge in [-0.1, -0.05) is 13.8 Å². The molecule has 0 aliphatic rings. The van der Waals surface area contributed by atoms with Crippen LogP contribution in [0.4, 0.5) is 0 Å². The highest BCUT2D eigenvalue weighted by molar-refractivity contribution is 5.96. The molecular weight excluding hydrogens is 164 g/mol. The average molecular weight is 175 g/mol. The van der Waals surface area contributed by atoms with E-state index in [0.29, 0.717) is 5.56 Å². The van der Waals surface area contributed by atoms with Crippen molar-refractivity contribution in [1.82, 2.24) is 10.2 Å². The average Bonchev–Trinajstić information content (AvgIpc) is 2.36. The fourth-order valence-electron chi connectivity index (χ4n) is 0.719. The number of hydrogen-bond donors (Lipinski definition) is 1. The van der Waals surface area contributed by atoms with Crippen LogP contribution in [0.3, 0.4) is 0 Å². The second-order valence-corrected chi connectivity index (χ2v) is 2.51. The van der Waals surface area contributed by atoms with Gasteiger partial charge < -0.3 is 0 Å². The molecule has 0 spiro atoms. The largest absolute Gasteiger partial charge is 0.294 e. The standard InChI is InChI=1S/C7H10N2O.ClH/c1-5(2)7(10)6-3-8-9-4-6;/h3-5H,1-2H3,(H,8,9);1H. The summed E-state index contributed by atoms with van der Waals surface area (Å²) in [6, 6.07) is 0. The van der Waals surface area contributed by atoms with E-state index in [1.54, 1.807) is 12.4 Å². The highest BCUT2D eigenvalue weighted by Gasteiger charge is 2.09. The topological polar surface area (TPSA) is 45.8 Å². The summed E-state index contributed by atoms with van der Waals surface area (Å²) >= 11 is 0. The predicted octanol–water partition coefficient (Wildman–Crippen LogP) is 1.67. The van der Waals surface area contributed by atoms with Gasteiger partial charge in [0.25, 0.3) is 0 Å². The maximum atomic E-state index is 11.1. The highest BCUT2D eigenvalue weighted by atomic mass is 35.5. The summed E-state index contributed by atoms with van der Waals surface area (Å²) in [6.45, 7) is 3.74. The minimum Gasteiger partial charge on any atom is -0.294 e. The lowest BCUT2D eigenvalue weighted by Gasteiger charge is -1.97. The molecule has 0 fully saturated rings. The Bertz CT molecular complexity index is 218. The number of carbonyl (C=O) groups excluding carboxylic acids is 1. The zero-order valence-electron chi connectivity index (χ0n) is 6.50. The van der Waals surface area contributed by atoms with Crippen molar-refractivity contribution in [2.75, 3.05) is 0 Å². The first-order valence-electron chi connectivity index (χ1n) is 3.25. The minimum absolute atomic E-state index is 0. The summed E-state index contributed by atoms with van der Waals surface area (Å²) in [5, 5.41) is 6.27. The number of hydrogen-bond acceptors (Lipinski definition) is 2. The van der Waals surface area contributed by atoms with Crippen molar-refractivity contribution >= 4 is 18.2 Å². The van der Waals surface area contributed by atoms with Gasteiger partial charge in [0.1, 0.15) is 0 Å². The Hall–Kier alpha value is -0.830. The summed E-state index contributed by atoms with van der Waals surface area (Å²) in [6.07, 6.45) is 3.16. The van der Waals surface area contributed by atoms with Crippen LogP contribution in [0.15, 0.2) is 12.4 Å². The third kappa shape index (κ3) is 2.35. The highest BCUT2D eigenvalue weighted by Crippen LogP contribution is 2.04. The third-order valence-corrected chi connectivity index (χ3v) is 1.31. The molecule has 11 heavy (non-hydrogen) atoms. The molecule has 0 saturated heterocycles. The number of nitrogens with one attached hydrogen (secondary N) is 1. The third-order valence-electron chi connectivity index (χ3n) is 1.31. The van der Waals surface area contributed by atoms with Gasteiger partial charge in [-0.2, -0.15) is 5.10 Å². The molecule has 3 nitrogen and oxygen atoms in total. The van der Waals surface area contributed by atoms with Crippen LogP contribution in [-0.2, 0) is 0 Å². The molecular formula is C7H11ClN2O. The monoisotopic (exact) mass is 174 g/mol. The summed E-state index contributed by atoms with van der Waals surface area (Å²) in [5.74, 6) is 0.186. The van der Waals surface area contributed by atoms with E-state index in [-0.39, 0.29) is 24.1 Å². The van der Waals surface area contributed by atoms with Crippen molar-refractivity contribution in [3.63, 3.8) is 0 Å². The maximum absolute atomic E-state index is 11.1. The minimum atomic E-state index is 0. The van der Waals surface area contributed by atoms with Crippen LogP contribution in [0.5, 0.6) is 0 Å². The molecule has 0 bridgehead atoms. The van der Waals surface area contributed by atoms with E-state index in [4.69, 9.17) is 0 Å². The summed E-state index contributed by atoms with van der Waals surface area (Å²) in [4.78, 5) is 11.1. The SMILES string of the molecule is CC(C)C(=O)c1cn[nH]c1.Cl. The van der Waals surface area contributed by atoms with Gasteiger partial charge in [0.05, 0.1) is 11.8 Å². The lowest BCUT2D eigenvalue weighted by atomic mass is 10.1. The van der Waals surface area contributed by atoms with E-state index in [1.165, 1.54) is 0 Å². The number of carbonyl (C=O) groups is 1. The number of aromatic nitrogens is 2. The Morgan fingerprint density at radius 3 is 2.64 bits per heavy atom. The van der Waals surface area contributed by atoms with E-state index in [9.17, 15) is 4.79 Å². The van der Waals surface area contributed by atoms with Gasteiger partial charge in [-0.15, -0.1) is 12.4 Å². The summed E-state index contributed by atoms with van der Waals surface area (Å²) in [7, 11) is 0. The second kappa shape index (κ2) is 4.13. The molecule has 4 heteroatoms. The number of rotatable bonds is 2. The zero-order chi connectivity index (χ0) is 7.56. The number of ketones is 1. The first-order valence-corrected chi connectivity index (χ1v) is 3.25. The number of aromatic amines is 1. The lowest BCUT2D eigenvalue weighted by molar-refractivity contribution is 0.0939. The number of Topliss-reactive ketones (excluding diaryl/α,β-unsaturated/α-hetero) is 1. The lowest BCUT2D eigenvalue weighted by Crippen LogP contribution is -2.05. The van der Waals surface area contributed by atoms with Crippen molar-refractivity contribution in [2.45, 2.75) is 13.8 Å². The molecule has 1 heterocycles. The number of halogens is 1. The molecule has 0 aromatic carbocycles. The van der Waals surface area contributed by atoms with Crippen molar-refractivity contribution in [1.29, 1.82) is 0 Å². The summed E-state index contributed by atoms with van der Waals surface area (Å²) < 4.78 is 0. The molecule has 0 radical (unpaired) electrons. The van der Waals surface area contributed by atoms with Gasteiger partial charge >= 0.3 is 0 Å². The smallest absolute Gasteiger partial charge is 0.168 e. The zero-order valence-corrected chi connectivity index (χ0v) is 7.31. The van der Waals surface area contributed by atoms with Crippen LogP contribution in [0.25, 0.3) is 0 Å². The molecule has 0 aliphatic carbocycles. The van der Waals surface area contributed by atoms with Crippen LogP contribution in [0, 0.1) is 5.92 Å². The van der Waals surface area contributed by atoms with Crippen molar-refractivity contribution in [3.05, 3.63) is 18.0 Å². The molecule has 1 aromatic heterocycles. The molecule has 1 aromatic rings. The van der Waals surface area contributed by atoms with Crippen molar-refractivity contribution in [3.8, 4) is 0 Å². The molecule has 0 saturated carbocycles. The van der Waals surface area contributed by atoms with E-state index in [2.05, 4.69) is 10.2 Å². The van der Waals surface area contributed by atoms with Gasteiger partial charge in [-0.05, 0) is 0 Å². The molecule has 1 rings (SSSR count). The number of H-pyrrole nitrogens is 1. The quantitative estimate of drug-likeness (QED) is 0.694. The maximum Gasteiger partial charge on any atom is 0.168 e.